The summed E-state index contributed by atoms with van der Waals surface area (Å²) in [4.78, 5) is 6.99. The van der Waals surface area contributed by atoms with Crippen LogP contribution in [0.2, 0.25) is 0 Å². The van der Waals surface area contributed by atoms with E-state index in [9.17, 15) is 0 Å². The van der Waals surface area contributed by atoms with Gasteiger partial charge in [-0.3, -0.25) is 4.98 Å². The van der Waals surface area contributed by atoms with Crippen LogP contribution < -0.4 is 10.6 Å². The second-order valence-electron chi connectivity index (χ2n) is 5.04. The van der Waals surface area contributed by atoms with Crippen molar-refractivity contribution in [2.45, 2.75) is 32.4 Å². The summed E-state index contributed by atoms with van der Waals surface area (Å²) >= 11 is 0. The van der Waals surface area contributed by atoms with Gasteiger partial charge in [-0.25, -0.2) is 0 Å². The molecular weight excluding hydrogens is 222 g/mol. The topological polar surface area (TPSA) is 42.1 Å². The zero-order valence-corrected chi connectivity index (χ0v) is 10.8. The lowest BCUT2D eigenvalue weighted by atomic mass is 10.1. The number of fused-ring (bicyclic) bond motifs is 1. The normalized spacial score (nSPS) is 19.7. The molecule has 3 heteroatoms. The average Bonchev–Trinajstić information content (AvgIpc) is 2.83. The van der Waals surface area contributed by atoms with Crippen molar-refractivity contribution >= 4 is 16.6 Å². The highest BCUT2D eigenvalue weighted by Crippen LogP contribution is 2.34. The molecule has 94 valence electrons. The van der Waals surface area contributed by atoms with Gasteiger partial charge in [-0.2, -0.15) is 0 Å². The van der Waals surface area contributed by atoms with Crippen LogP contribution in [0.4, 0.5) is 5.69 Å². The predicted octanol–water partition coefficient (Wildman–Crippen LogP) is 2.68. The maximum atomic E-state index is 5.89. The van der Waals surface area contributed by atoms with Crippen LogP contribution in [0.3, 0.4) is 0 Å². The molecule has 2 aromatic rings. The number of hydrogen-bond donors (Lipinski definition) is 1. The number of nitrogens with zero attached hydrogens (tertiary/aromatic N) is 2. The predicted molar refractivity (Wildman–Crippen MR) is 75.7 cm³/mol. The maximum Gasteiger partial charge on any atom is 0.0723 e. The van der Waals surface area contributed by atoms with E-state index in [1.165, 1.54) is 23.9 Å². The number of hydrogen-bond acceptors (Lipinski definition) is 3. The van der Waals surface area contributed by atoms with Crippen molar-refractivity contribution in [3.05, 3.63) is 36.0 Å². The monoisotopic (exact) mass is 241 g/mol. The van der Waals surface area contributed by atoms with Gasteiger partial charge < -0.3 is 10.6 Å². The third kappa shape index (κ3) is 1.75. The van der Waals surface area contributed by atoms with Gasteiger partial charge in [-0.15, -0.1) is 0 Å². The van der Waals surface area contributed by atoms with E-state index in [0.717, 1.165) is 17.6 Å². The molecule has 18 heavy (non-hydrogen) atoms. The summed E-state index contributed by atoms with van der Waals surface area (Å²) in [5.41, 5.74) is 9.40. The molecule has 2 heterocycles. The first kappa shape index (κ1) is 11.5. The molecule has 1 atom stereocenters. The average molecular weight is 241 g/mol. The molecule has 0 saturated carbocycles. The molecule has 3 nitrogen and oxygen atoms in total. The fourth-order valence-electron chi connectivity index (χ4n) is 2.92. The first-order valence-electron chi connectivity index (χ1n) is 6.64. The molecule has 1 aliphatic rings. The van der Waals surface area contributed by atoms with Crippen molar-refractivity contribution in [3.8, 4) is 0 Å². The summed E-state index contributed by atoms with van der Waals surface area (Å²) in [6.07, 6.45) is 4.46. The number of nitrogens with two attached hydrogens (primary N) is 1. The Hall–Kier alpha value is -1.61. The Bertz CT molecular complexity index is 565. The molecule has 0 aliphatic carbocycles. The van der Waals surface area contributed by atoms with E-state index >= 15 is 0 Å². The minimum Gasteiger partial charge on any atom is -0.368 e. The number of rotatable bonds is 2. The van der Waals surface area contributed by atoms with Gasteiger partial charge in [0.05, 0.1) is 11.2 Å². The van der Waals surface area contributed by atoms with Crippen LogP contribution >= 0.6 is 0 Å². The van der Waals surface area contributed by atoms with Crippen LogP contribution in [0.1, 0.15) is 25.3 Å². The van der Waals surface area contributed by atoms with Gasteiger partial charge in [0, 0.05) is 36.3 Å². The standard InChI is InChI=1S/C15H19N3/c1-11-5-4-8-18(11)15-12(9-16)10-17-14-7-3-2-6-13(14)15/h2-3,6-7,10-11H,4-5,8-9,16H2,1H3. The van der Waals surface area contributed by atoms with Gasteiger partial charge in [-0.1, -0.05) is 18.2 Å². The summed E-state index contributed by atoms with van der Waals surface area (Å²) < 4.78 is 0. The van der Waals surface area contributed by atoms with Gasteiger partial charge in [0.1, 0.15) is 0 Å². The van der Waals surface area contributed by atoms with Crippen molar-refractivity contribution in [2.75, 3.05) is 11.4 Å². The fourth-order valence-corrected chi connectivity index (χ4v) is 2.92. The second-order valence-corrected chi connectivity index (χ2v) is 5.04. The molecule has 1 unspecified atom stereocenters. The molecule has 1 aromatic carbocycles. The van der Waals surface area contributed by atoms with Crippen molar-refractivity contribution in [1.29, 1.82) is 0 Å². The van der Waals surface area contributed by atoms with E-state index in [1.807, 2.05) is 12.3 Å². The number of para-hydroxylation sites is 1. The minimum atomic E-state index is 0.552. The Morgan fingerprint density at radius 1 is 1.39 bits per heavy atom. The van der Waals surface area contributed by atoms with E-state index in [2.05, 4.69) is 35.0 Å². The SMILES string of the molecule is CC1CCCN1c1c(CN)cnc2ccccc12. The summed E-state index contributed by atoms with van der Waals surface area (Å²) in [6, 6.07) is 8.94. The van der Waals surface area contributed by atoms with Crippen LogP contribution in [0, 0.1) is 0 Å². The third-order valence-electron chi connectivity index (χ3n) is 3.88. The van der Waals surface area contributed by atoms with Crippen molar-refractivity contribution < 1.29 is 0 Å². The van der Waals surface area contributed by atoms with Crippen molar-refractivity contribution in [1.82, 2.24) is 4.98 Å². The number of anilines is 1. The summed E-state index contributed by atoms with van der Waals surface area (Å²) in [5.74, 6) is 0. The second kappa shape index (κ2) is 4.58. The molecule has 1 aromatic heterocycles. The lowest BCUT2D eigenvalue weighted by Crippen LogP contribution is -2.28. The smallest absolute Gasteiger partial charge is 0.0723 e. The van der Waals surface area contributed by atoms with Gasteiger partial charge in [0.15, 0.2) is 0 Å². The highest BCUT2D eigenvalue weighted by Gasteiger charge is 2.24. The van der Waals surface area contributed by atoms with Crippen LogP contribution in [0.5, 0.6) is 0 Å². The number of pyridine rings is 1. The Morgan fingerprint density at radius 2 is 2.22 bits per heavy atom. The summed E-state index contributed by atoms with van der Waals surface area (Å²) in [5, 5.41) is 1.23. The molecule has 0 spiro atoms. The van der Waals surface area contributed by atoms with E-state index in [-0.39, 0.29) is 0 Å². The molecule has 1 saturated heterocycles. The minimum absolute atomic E-state index is 0.552. The molecule has 2 N–H and O–H groups in total. The fraction of sp³-hybridized carbons (Fsp3) is 0.400. The van der Waals surface area contributed by atoms with E-state index in [1.54, 1.807) is 0 Å². The molecule has 0 radical (unpaired) electrons. The molecule has 0 amide bonds. The van der Waals surface area contributed by atoms with Gasteiger partial charge in [0.2, 0.25) is 0 Å². The Kier molecular flexibility index (Phi) is 2.92. The van der Waals surface area contributed by atoms with Gasteiger partial charge >= 0.3 is 0 Å². The number of benzene rings is 1. The van der Waals surface area contributed by atoms with Crippen molar-refractivity contribution in [2.24, 2.45) is 5.73 Å². The van der Waals surface area contributed by atoms with E-state index in [4.69, 9.17) is 5.73 Å². The third-order valence-corrected chi connectivity index (χ3v) is 3.88. The zero-order chi connectivity index (χ0) is 12.5. The maximum absolute atomic E-state index is 5.89. The lowest BCUT2D eigenvalue weighted by Gasteiger charge is -2.27. The Morgan fingerprint density at radius 3 is 2.94 bits per heavy atom. The van der Waals surface area contributed by atoms with Gasteiger partial charge in [0.25, 0.3) is 0 Å². The van der Waals surface area contributed by atoms with E-state index < -0.39 is 0 Å². The van der Waals surface area contributed by atoms with Crippen molar-refractivity contribution in [3.63, 3.8) is 0 Å². The van der Waals surface area contributed by atoms with Crippen LogP contribution in [0.15, 0.2) is 30.5 Å². The van der Waals surface area contributed by atoms with Crippen LogP contribution in [-0.2, 0) is 6.54 Å². The van der Waals surface area contributed by atoms with Gasteiger partial charge in [-0.05, 0) is 25.8 Å². The summed E-state index contributed by atoms with van der Waals surface area (Å²) in [6.45, 7) is 3.97. The lowest BCUT2D eigenvalue weighted by molar-refractivity contribution is 0.733. The number of aromatic nitrogens is 1. The summed E-state index contributed by atoms with van der Waals surface area (Å²) in [7, 11) is 0. The molecule has 1 fully saturated rings. The van der Waals surface area contributed by atoms with E-state index in [0.29, 0.717) is 12.6 Å². The molecule has 0 bridgehead atoms. The quantitative estimate of drug-likeness (QED) is 0.879. The Balaban J connectivity index is 2.23. The molecule has 3 rings (SSSR count). The first-order valence-corrected chi connectivity index (χ1v) is 6.64. The van der Waals surface area contributed by atoms with Crippen LogP contribution in [-0.4, -0.2) is 17.6 Å². The largest absolute Gasteiger partial charge is 0.368 e. The first-order chi connectivity index (χ1) is 8.81. The van der Waals surface area contributed by atoms with Crippen LogP contribution in [0.25, 0.3) is 10.9 Å². The highest BCUT2D eigenvalue weighted by molar-refractivity contribution is 5.93. The molecule has 1 aliphatic heterocycles. The molecular formula is C15H19N3. The Labute approximate surface area is 108 Å². The highest BCUT2D eigenvalue weighted by atomic mass is 15.2. The zero-order valence-electron chi connectivity index (χ0n) is 10.8.